The minimum atomic E-state index is -0.311. The van der Waals surface area contributed by atoms with E-state index in [-0.39, 0.29) is 18.3 Å². The van der Waals surface area contributed by atoms with Crippen molar-refractivity contribution >= 4 is 40.1 Å². The van der Waals surface area contributed by atoms with Crippen LogP contribution in [0.3, 0.4) is 0 Å². The molecule has 122 valence electrons. The molecule has 0 atom stereocenters. The number of nitrogens with zero attached hydrogens (tertiary/aromatic N) is 1. The Hall–Kier alpha value is -1.86. The molecular weight excluding hydrogens is 332 g/mol. The SMILES string of the molecule is CCOC(=O)Cc1csc(NC(=O)CSCc2ccccc2)n1. The summed E-state index contributed by atoms with van der Waals surface area (Å²) in [6.45, 7) is 2.11. The van der Waals surface area contributed by atoms with Gasteiger partial charge < -0.3 is 10.1 Å². The first kappa shape index (κ1) is 17.5. The highest BCUT2D eigenvalue weighted by molar-refractivity contribution is 7.99. The third-order valence-electron chi connectivity index (χ3n) is 2.77. The second kappa shape index (κ2) is 9.32. The van der Waals surface area contributed by atoms with Gasteiger partial charge in [0.1, 0.15) is 0 Å². The zero-order valence-electron chi connectivity index (χ0n) is 12.8. The van der Waals surface area contributed by atoms with Crippen molar-refractivity contribution < 1.29 is 14.3 Å². The summed E-state index contributed by atoms with van der Waals surface area (Å²) >= 11 is 2.86. The van der Waals surface area contributed by atoms with E-state index in [2.05, 4.69) is 10.3 Å². The van der Waals surface area contributed by atoms with E-state index in [1.54, 1.807) is 24.1 Å². The number of esters is 1. The molecule has 0 radical (unpaired) electrons. The van der Waals surface area contributed by atoms with Crippen LogP contribution < -0.4 is 5.32 Å². The van der Waals surface area contributed by atoms with Crippen LogP contribution in [0.4, 0.5) is 5.13 Å². The van der Waals surface area contributed by atoms with E-state index < -0.39 is 0 Å². The van der Waals surface area contributed by atoms with Crippen LogP contribution in [0.2, 0.25) is 0 Å². The molecule has 23 heavy (non-hydrogen) atoms. The van der Waals surface area contributed by atoms with Gasteiger partial charge in [-0.3, -0.25) is 9.59 Å². The van der Waals surface area contributed by atoms with E-state index >= 15 is 0 Å². The predicted molar refractivity (Wildman–Crippen MR) is 93.7 cm³/mol. The Morgan fingerprint density at radius 2 is 2.09 bits per heavy atom. The molecule has 7 heteroatoms. The molecule has 0 saturated heterocycles. The molecule has 1 N–H and O–H groups in total. The maximum absolute atomic E-state index is 11.9. The highest BCUT2D eigenvalue weighted by Crippen LogP contribution is 2.17. The molecule has 0 aliphatic rings. The molecule has 0 fully saturated rings. The van der Waals surface area contributed by atoms with Gasteiger partial charge in [-0.15, -0.1) is 23.1 Å². The Morgan fingerprint density at radius 1 is 1.30 bits per heavy atom. The lowest BCUT2D eigenvalue weighted by atomic mass is 10.2. The largest absolute Gasteiger partial charge is 0.466 e. The molecule has 1 aromatic heterocycles. The van der Waals surface area contributed by atoms with Gasteiger partial charge in [-0.2, -0.15) is 0 Å². The number of amides is 1. The van der Waals surface area contributed by atoms with Crippen LogP contribution in [0.1, 0.15) is 18.2 Å². The summed E-state index contributed by atoms with van der Waals surface area (Å²) in [5.41, 5.74) is 1.80. The Balaban J connectivity index is 1.73. The van der Waals surface area contributed by atoms with Crippen molar-refractivity contribution in [2.45, 2.75) is 19.1 Å². The molecule has 0 unspecified atom stereocenters. The van der Waals surface area contributed by atoms with Crippen molar-refractivity contribution in [2.75, 3.05) is 17.7 Å². The minimum Gasteiger partial charge on any atom is -0.466 e. The molecule has 5 nitrogen and oxygen atoms in total. The number of carbonyl (C=O) groups is 2. The van der Waals surface area contributed by atoms with Gasteiger partial charge in [0, 0.05) is 11.1 Å². The van der Waals surface area contributed by atoms with Crippen LogP contribution in [-0.4, -0.2) is 29.2 Å². The van der Waals surface area contributed by atoms with Gasteiger partial charge in [0.2, 0.25) is 5.91 Å². The first-order valence-corrected chi connectivity index (χ1v) is 9.22. The summed E-state index contributed by atoms with van der Waals surface area (Å²) in [6.07, 6.45) is 0.128. The molecule has 1 heterocycles. The van der Waals surface area contributed by atoms with Crippen molar-refractivity contribution in [2.24, 2.45) is 0 Å². The van der Waals surface area contributed by atoms with Crippen LogP contribution in [0, 0.1) is 0 Å². The van der Waals surface area contributed by atoms with Crippen LogP contribution in [0.5, 0.6) is 0 Å². The van der Waals surface area contributed by atoms with Crippen LogP contribution in [0.25, 0.3) is 0 Å². The number of rotatable bonds is 8. The minimum absolute atomic E-state index is 0.0945. The monoisotopic (exact) mass is 350 g/mol. The number of thiazole rings is 1. The number of carbonyl (C=O) groups excluding carboxylic acids is 2. The van der Waals surface area contributed by atoms with Crippen LogP contribution >= 0.6 is 23.1 Å². The van der Waals surface area contributed by atoms with Crippen molar-refractivity contribution in [1.29, 1.82) is 0 Å². The lowest BCUT2D eigenvalue weighted by molar-refractivity contribution is -0.142. The lowest BCUT2D eigenvalue weighted by Crippen LogP contribution is -2.14. The average molecular weight is 350 g/mol. The molecule has 0 aliphatic heterocycles. The van der Waals surface area contributed by atoms with E-state index in [0.717, 1.165) is 5.75 Å². The summed E-state index contributed by atoms with van der Waals surface area (Å²) in [4.78, 5) is 27.5. The Kier molecular flexibility index (Phi) is 7.09. The zero-order chi connectivity index (χ0) is 16.5. The van der Waals surface area contributed by atoms with Gasteiger partial charge in [-0.05, 0) is 12.5 Å². The fourth-order valence-corrected chi connectivity index (χ4v) is 3.31. The maximum atomic E-state index is 11.9. The highest BCUT2D eigenvalue weighted by atomic mass is 32.2. The van der Waals surface area contributed by atoms with E-state index in [4.69, 9.17) is 4.74 Å². The van der Waals surface area contributed by atoms with Crippen molar-refractivity contribution in [3.05, 3.63) is 47.0 Å². The van der Waals surface area contributed by atoms with Gasteiger partial charge in [0.05, 0.1) is 24.5 Å². The first-order chi connectivity index (χ1) is 11.2. The fourth-order valence-electron chi connectivity index (χ4n) is 1.80. The van der Waals surface area contributed by atoms with E-state index in [0.29, 0.717) is 23.2 Å². The Morgan fingerprint density at radius 3 is 2.83 bits per heavy atom. The average Bonchev–Trinajstić information content (AvgIpc) is 2.95. The third-order valence-corrected chi connectivity index (χ3v) is 4.58. The van der Waals surface area contributed by atoms with Gasteiger partial charge >= 0.3 is 5.97 Å². The smallest absolute Gasteiger partial charge is 0.311 e. The molecule has 1 aromatic carbocycles. The number of anilines is 1. The zero-order valence-corrected chi connectivity index (χ0v) is 14.4. The molecule has 2 aromatic rings. The number of benzene rings is 1. The maximum Gasteiger partial charge on any atom is 0.311 e. The summed E-state index contributed by atoms with van der Waals surface area (Å²) in [5.74, 6) is 0.749. The summed E-state index contributed by atoms with van der Waals surface area (Å²) in [7, 11) is 0. The molecule has 0 spiro atoms. The summed E-state index contributed by atoms with van der Waals surface area (Å²) < 4.78 is 4.87. The van der Waals surface area contributed by atoms with Crippen molar-refractivity contribution in [1.82, 2.24) is 4.98 Å². The van der Waals surface area contributed by atoms with Gasteiger partial charge in [-0.1, -0.05) is 30.3 Å². The topological polar surface area (TPSA) is 68.3 Å². The molecule has 0 aliphatic carbocycles. The summed E-state index contributed by atoms with van der Waals surface area (Å²) in [5, 5.41) is 5.01. The predicted octanol–water partition coefficient (Wildman–Crippen LogP) is 3.12. The van der Waals surface area contributed by atoms with Crippen molar-refractivity contribution in [3.8, 4) is 0 Å². The Bertz CT molecular complexity index is 644. The van der Waals surface area contributed by atoms with Gasteiger partial charge in [0.25, 0.3) is 0 Å². The van der Waals surface area contributed by atoms with E-state index in [1.807, 2.05) is 30.3 Å². The number of aromatic nitrogens is 1. The number of ether oxygens (including phenoxy) is 1. The van der Waals surface area contributed by atoms with Gasteiger partial charge in [0.15, 0.2) is 5.13 Å². The number of hydrogen-bond donors (Lipinski definition) is 1. The van der Waals surface area contributed by atoms with E-state index in [1.165, 1.54) is 16.9 Å². The van der Waals surface area contributed by atoms with Crippen molar-refractivity contribution in [3.63, 3.8) is 0 Å². The number of nitrogens with one attached hydrogen (secondary N) is 1. The van der Waals surface area contributed by atoms with Gasteiger partial charge in [-0.25, -0.2) is 4.98 Å². The fraction of sp³-hybridized carbons (Fsp3) is 0.312. The molecule has 0 bridgehead atoms. The first-order valence-electron chi connectivity index (χ1n) is 7.19. The highest BCUT2D eigenvalue weighted by Gasteiger charge is 2.10. The molecule has 2 rings (SSSR count). The molecule has 0 saturated carbocycles. The quantitative estimate of drug-likeness (QED) is 0.741. The Labute approximate surface area is 143 Å². The standard InChI is InChI=1S/C16H18N2O3S2/c1-2-21-15(20)8-13-10-23-16(17-13)18-14(19)11-22-9-12-6-4-3-5-7-12/h3-7,10H,2,8-9,11H2,1H3,(H,17,18,19). The normalized spacial score (nSPS) is 10.3. The second-order valence-electron chi connectivity index (χ2n) is 4.65. The molecular formula is C16H18N2O3S2. The van der Waals surface area contributed by atoms with E-state index in [9.17, 15) is 9.59 Å². The summed E-state index contributed by atoms with van der Waals surface area (Å²) in [6, 6.07) is 10.0. The molecule has 1 amide bonds. The van der Waals surface area contributed by atoms with Crippen LogP contribution in [0.15, 0.2) is 35.7 Å². The number of thioether (sulfide) groups is 1. The second-order valence-corrected chi connectivity index (χ2v) is 6.50. The van der Waals surface area contributed by atoms with Crippen LogP contribution in [-0.2, 0) is 26.5 Å². The third kappa shape index (κ3) is 6.42. The lowest BCUT2D eigenvalue weighted by Gasteiger charge is -2.02. The number of hydrogen-bond acceptors (Lipinski definition) is 6.